The quantitative estimate of drug-likeness (QED) is 0.780. The smallest absolute Gasteiger partial charge is 0.146 e. The summed E-state index contributed by atoms with van der Waals surface area (Å²) in [6.45, 7) is 0. The lowest BCUT2D eigenvalue weighted by atomic mass is 9.83. The first-order valence-electron chi connectivity index (χ1n) is 5.17. The molecule has 1 nitrogen and oxygen atoms in total. The highest BCUT2D eigenvalue weighted by atomic mass is 79.9. The van der Waals surface area contributed by atoms with Gasteiger partial charge in [0.05, 0.1) is 5.75 Å². The Labute approximate surface area is 103 Å². The first kappa shape index (κ1) is 11.2. The van der Waals surface area contributed by atoms with Crippen molar-refractivity contribution in [2.75, 3.05) is 5.75 Å². The second-order valence-corrected chi connectivity index (χ2v) is 5.80. The fourth-order valence-corrected chi connectivity index (χ4v) is 3.04. The Morgan fingerprint density at radius 2 is 2.27 bits per heavy atom. The monoisotopic (exact) mass is 284 g/mol. The molecule has 0 radical (unpaired) electrons. The molecule has 0 unspecified atom stereocenters. The topological polar surface area (TPSA) is 17.1 Å². The molecular formula is C12H13BrOS. The number of hydrogen-bond donors (Lipinski definition) is 0. The summed E-state index contributed by atoms with van der Waals surface area (Å²) < 4.78 is 1.07. The lowest BCUT2D eigenvalue weighted by molar-refractivity contribution is -0.122. The van der Waals surface area contributed by atoms with Crippen LogP contribution in [0.25, 0.3) is 0 Å². The van der Waals surface area contributed by atoms with E-state index in [1.54, 1.807) is 11.8 Å². The average molecular weight is 285 g/mol. The minimum absolute atomic E-state index is 0.365. The van der Waals surface area contributed by atoms with Crippen LogP contribution < -0.4 is 0 Å². The van der Waals surface area contributed by atoms with Crippen LogP contribution in [0.2, 0.25) is 0 Å². The molecule has 1 fully saturated rings. The van der Waals surface area contributed by atoms with Gasteiger partial charge < -0.3 is 0 Å². The van der Waals surface area contributed by atoms with E-state index in [9.17, 15) is 4.79 Å². The standard InChI is InChI=1S/C12H13BrOS/c13-10-5-2-6-11(7-10)15-8-12(14)9-3-1-4-9/h2,5-7,9H,1,3-4,8H2. The van der Waals surface area contributed by atoms with Crippen LogP contribution in [-0.2, 0) is 4.79 Å². The van der Waals surface area contributed by atoms with Gasteiger partial charge in [-0.05, 0) is 31.0 Å². The largest absolute Gasteiger partial charge is 0.298 e. The summed E-state index contributed by atoms with van der Waals surface area (Å²) in [5, 5.41) is 0. The molecule has 2 rings (SSSR count). The molecule has 0 spiro atoms. The van der Waals surface area contributed by atoms with Gasteiger partial charge in [0.15, 0.2) is 0 Å². The Morgan fingerprint density at radius 3 is 2.87 bits per heavy atom. The molecule has 0 bridgehead atoms. The fourth-order valence-electron chi connectivity index (χ4n) is 1.56. The van der Waals surface area contributed by atoms with Crippen LogP contribution in [0.1, 0.15) is 19.3 Å². The Bertz CT molecular complexity index is 360. The lowest BCUT2D eigenvalue weighted by Gasteiger charge is -2.23. The summed E-state index contributed by atoms with van der Waals surface area (Å²) in [5.41, 5.74) is 0. The molecule has 1 aromatic carbocycles. The van der Waals surface area contributed by atoms with E-state index in [4.69, 9.17) is 0 Å². The minimum atomic E-state index is 0.365. The first-order chi connectivity index (χ1) is 7.25. The van der Waals surface area contributed by atoms with Crippen LogP contribution in [0.3, 0.4) is 0 Å². The number of rotatable bonds is 4. The molecule has 3 heteroatoms. The summed E-state index contributed by atoms with van der Waals surface area (Å²) in [7, 11) is 0. The Morgan fingerprint density at radius 1 is 1.47 bits per heavy atom. The Balaban J connectivity index is 1.84. The summed E-state index contributed by atoms with van der Waals surface area (Å²) >= 11 is 5.07. The number of halogens is 1. The average Bonchev–Trinajstić information content (AvgIpc) is 2.12. The Kier molecular flexibility index (Phi) is 3.87. The number of benzene rings is 1. The molecule has 0 atom stereocenters. The molecule has 80 valence electrons. The predicted octanol–water partition coefficient (Wildman–Crippen LogP) is 3.91. The van der Waals surface area contributed by atoms with Crippen molar-refractivity contribution >= 4 is 33.5 Å². The van der Waals surface area contributed by atoms with Gasteiger partial charge >= 0.3 is 0 Å². The van der Waals surface area contributed by atoms with Gasteiger partial charge in [-0.1, -0.05) is 28.4 Å². The van der Waals surface area contributed by atoms with Crippen molar-refractivity contribution in [3.05, 3.63) is 28.7 Å². The third-order valence-electron chi connectivity index (χ3n) is 2.74. The maximum Gasteiger partial charge on any atom is 0.146 e. The van der Waals surface area contributed by atoms with Gasteiger partial charge in [0.2, 0.25) is 0 Å². The zero-order chi connectivity index (χ0) is 10.7. The predicted molar refractivity (Wildman–Crippen MR) is 67.2 cm³/mol. The van der Waals surface area contributed by atoms with Crippen molar-refractivity contribution in [2.24, 2.45) is 5.92 Å². The van der Waals surface area contributed by atoms with Crippen molar-refractivity contribution in [3.63, 3.8) is 0 Å². The number of ketones is 1. The van der Waals surface area contributed by atoms with Gasteiger partial charge in [0.25, 0.3) is 0 Å². The summed E-state index contributed by atoms with van der Waals surface area (Å²) in [5.74, 6) is 1.41. The second-order valence-electron chi connectivity index (χ2n) is 3.84. The Hall–Kier alpha value is -0.280. The van der Waals surface area contributed by atoms with Gasteiger partial charge in [-0.25, -0.2) is 0 Å². The number of Topliss-reactive ketones (excluding diaryl/α,β-unsaturated/α-hetero) is 1. The highest BCUT2D eigenvalue weighted by molar-refractivity contribution is 9.10. The van der Waals surface area contributed by atoms with E-state index in [2.05, 4.69) is 22.0 Å². The van der Waals surface area contributed by atoms with Gasteiger partial charge in [-0.15, -0.1) is 11.8 Å². The second kappa shape index (κ2) is 5.17. The maximum atomic E-state index is 11.7. The van der Waals surface area contributed by atoms with Gasteiger partial charge in [0.1, 0.15) is 5.78 Å². The summed E-state index contributed by atoms with van der Waals surface area (Å²) in [6.07, 6.45) is 3.45. The molecule has 1 aromatic rings. The molecule has 1 saturated carbocycles. The zero-order valence-electron chi connectivity index (χ0n) is 8.41. The number of carbonyl (C=O) groups excluding carboxylic acids is 1. The van der Waals surface area contributed by atoms with Crippen LogP contribution in [-0.4, -0.2) is 11.5 Å². The van der Waals surface area contributed by atoms with Crippen LogP contribution in [0, 0.1) is 5.92 Å². The molecule has 15 heavy (non-hydrogen) atoms. The SMILES string of the molecule is O=C(CSc1cccc(Br)c1)C1CCC1. The van der Waals surface area contributed by atoms with Crippen molar-refractivity contribution in [1.82, 2.24) is 0 Å². The van der Waals surface area contributed by atoms with Crippen molar-refractivity contribution < 1.29 is 4.79 Å². The van der Waals surface area contributed by atoms with Gasteiger partial charge in [-0.2, -0.15) is 0 Å². The lowest BCUT2D eigenvalue weighted by Crippen LogP contribution is -2.23. The van der Waals surface area contributed by atoms with Gasteiger partial charge in [0, 0.05) is 15.3 Å². The summed E-state index contributed by atoms with van der Waals surface area (Å²) in [4.78, 5) is 12.8. The fraction of sp³-hybridized carbons (Fsp3) is 0.417. The van der Waals surface area contributed by atoms with Crippen LogP contribution in [0.5, 0.6) is 0 Å². The molecule has 1 aliphatic carbocycles. The van der Waals surface area contributed by atoms with Crippen molar-refractivity contribution in [2.45, 2.75) is 24.2 Å². The molecular weight excluding hydrogens is 272 g/mol. The number of carbonyl (C=O) groups is 1. The normalized spacial score (nSPS) is 16.1. The molecule has 0 aromatic heterocycles. The molecule has 0 N–H and O–H groups in total. The maximum absolute atomic E-state index is 11.7. The van der Waals surface area contributed by atoms with E-state index >= 15 is 0 Å². The van der Waals surface area contributed by atoms with Crippen molar-refractivity contribution in [3.8, 4) is 0 Å². The van der Waals surface area contributed by atoms with E-state index in [1.165, 1.54) is 6.42 Å². The first-order valence-corrected chi connectivity index (χ1v) is 6.94. The van der Waals surface area contributed by atoms with E-state index in [-0.39, 0.29) is 0 Å². The third kappa shape index (κ3) is 3.08. The molecule has 0 aliphatic heterocycles. The molecule has 0 amide bonds. The van der Waals surface area contributed by atoms with E-state index in [0.717, 1.165) is 22.2 Å². The highest BCUT2D eigenvalue weighted by Gasteiger charge is 2.24. The third-order valence-corrected chi connectivity index (χ3v) is 4.25. The minimum Gasteiger partial charge on any atom is -0.298 e. The molecule has 0 heterocycles. The number of thioether (sulfide) groups is 1. The zero-order valence-corrected chi connectivity index (χ0v) is 10.8. The molecule has 0 saturated heterocycles. The summed E-state index contributed by atoms with van der Waals surface area (Å²) in [6, 6.07) is 8.10. The molecule has 1 aliphatic rings. The highest BCUT2D eigenvalue weighted by Crippen LogP contribution is 2.30. The van der Waals surface area contributed by atoms with E-state index < -0.39 is 0 Å². The van der Waals surface area contributed by atoms with E-state index in [0.29, 0.717) is 17.5 Å². The number of hydrogen-bond acceptors (Lipinski definition) is 2. The van der Waals surface area contributed by atoms with E-state index in [1.807, 2.05) is 18.2 Å². The van der Waals surface area contributed by atoms with Crippen LogP contribution >= 0.6 is 27.7 Å². The van der Waals surface area contributed by atoms with Crippen LogP contribution in [0.15, 0.2) is 33.6 Å². The van der Waals surface area contributed by atoms with Crippen molar-refractivity contribution in [1.29, 1.82) is 0 Å². The van der Waals surface area contributed by atoms with Gasteiger partial charge in [-0.3, -0.25) is 4.79 Å². The van der Waals surface area contributed by atoms with Crippen LogP contribution in [0.4, 0.5) is 0 Å².